The van der Waals surface area contributed by atoms with Crippen molar-refractivity contribution in [3.63, 3.8) is 0 Å². The third-order valence-corrected chi connectivity index (χ3v) is 8.01. The number of halogens is 3. The summed E-state index contributed by atoms with van der Waals surface area (Å²) in [7, 11) is -3.30. The van der Waals surface area contributed by atoms with E-state index >= 15 is 0 Å². The van der Waals surface area contributed by atoms with E-state index in [-0.39, 0.29) is 10.7 Å². The molecule has 0 saturated heterocycles. The summed E-state index contributed by atoms with van der Waals surface area (Å²) >= 11 is 15.1. The molecule has 0 aliphatic carbocycles. The molecule has 3 aromatic carbocycles. The number of hydrogen-bond donors (Lipinski definition) is 0. The topological polar surface area (TPSA) is 47.0 Å². The van der Waals surface area contributed by atoms with E-state index < -0.39 is 9.84 Å². The quantitative estimate of drug-likeness (QED) is 0.279. The van der Waals surface area contributed by atoms with Gasteiger partial charge >= 0.3 is 0 Å². The molecule has 0 fully saturated rings. The summed E-state index contributed by atoms with van der Waals surface area (Å²) in [5.74, 6) is -0.332. The van der Waals surface area contributed by atoms with Crippen LogP contribution >= 0.6 is 46.3 Å². The molecule has 0 saturated carbocycles. The smallest absolute Gasteiger partial charge is 0.175 e. The molecule has 0 amide bonds. The maximum atomic E-state index is 13.4. The largest absolute Gasteiger partial charge is 0.229 e. The second-order valence-electron chi connectivity index (χ2n) is 6.67. The number of benzene rings is 3. The van der Waals surface area contributed by atoms with Gasteiger partial charge in [0.2, 0.25) is 0 Å². The lowest BCUT2D eigenvalue weighted by atomic mass is 10.1. The standard InChI is InChI=1S/C22H14Cl2FNO2S3/c1-31(27,28)19-8-4-14(5-9-19)21-20(13-2-6-17(25)7-3-13)26-22(30-21)29-18-11-15(23)10-16(24)12-18/h2-12H,1H3. The highest BCUT2D eigenvalue weighted by atomic mass is 35.5. The lowest BCUT2D eigenvalue weighted by Crippen LogP contribution is -1.96. The Morgan fingerprint density at radius 2 is 1.48 bits per heavy atom. The number of nitrogens with zero attached hydrogens (tertiary/aromatic N) is 1. The second kappa shape index (κ2) is 8.92. The zero-order valence-corrected chi connectivity index (χ0v) is 19.9. The van der Waals surface area contributed by atoms with Gasteiger partial charge < -0.3 is 0 Å². The van der Waals surface area contributed by atoms with Gasteiger partial charge in [-0.3, -0.25) is 0 Å². The van der Waals surface area contributed by atoms with E-state index in [4.69, 9.17) is 28.2 Å². The van der Waals surface area contributed by atoms with Crippen LogP contribution in [0.5, 0.6) is 0 Å². The normalized spacial score (nSPS) is 11.6. The van der Waals surface area contributed by atoms with E-state index in [0.717, 1.165) is 25.2 Å². The van der Waals surface area contributed by atoms with Crippen LogP contribution in [0.2, 0.25) is 10.0 Å². The highest BCUT2D eigenvalue weighted by molar-refractivity contribution is 8.01. The van der Waals surface area contributed by atoms with Crippen LogP contribution in [0.1, 0.15) is 0 Å². The summed E-state index contributed by atoms with van der Waals surface area (Å²) in [6, 6.07) is 18.0. The molecule has 0 unspecified atom stereocenters. The molecular weight excluding hydrogens is 496 g/mol. The SMILES string of the molecule is CS(=O)(=O)c1ccc(-c2sc(Sc3cc(Cl)cc(Cl)c3)nc2-c2ccc(F)cc2)cc1. The third kappa shape index (κ3) is 5.30. The first-order valence-electron chi connectivity index (χ1n) is 8.90. The molecule has 4 rings (SSSR count). The molecule has 9 heteroatoms. The highest BCUT2D eigenvalue weighted by Crippen LogP contribution is 2.43. The summed E-state index contributed by atoms with van der Waals surface area (Å²) in [4.78, 5) is 6.70. The number of sulfone groups is 1. The fourth-order valence-corrected chi connectivity index (χ4v) is 6.41. The summed E-state index contributed by atoms with van der Waals surface area (Å²) < 4.78 is 37.8. The van der Waals surface area contributed by atoms with Crippen molar-refractivity contribution in [3.05, 3.63) is 82.6 Å². The fourth-order valence-electron chi connectivity index (χ4n) is 2.89. The molecule has 0 aliphatic rings. The van der Waals surface area contributed by atoms with Gasteiger partial charge in [0.25, 0.3) is 0 Å². The first kappa shape index (κ1) is 22.3. The molecule has 4 aromatic rings. The maximum absolute atomic E-state index is 13.4. The van der Waals surface area contributed by atoms with E-state index in [1.54, 1.807) is 54.6 Å². The Bertz CT molecular complexity index is 1330. The zero-order chi connectivity index (χ0) is 22.2. The summed E-state index contributed by atoms with van der Waals surface area (Å²) in [6.07, 6.45) is 1.17. The number of hydrogen-bond acceptors (Lipinski definition) is 5. The lowest BCUT2D eigenvalue weighted by molar-refractivity contribution is 0.602. The Labute approximate surface area is 197 Å². The second-order valence-corrected chi connectivity index (χ2v) is 11.9. The molecule has 0 radical (unpaired) electrons. The Kier molecular flexibility index (Phi) is 6.42. The van der Waals surface area contributed by atoms with Crippen LogP contribution in [-0.4, -0.2) is 19.7 Å². The average molecular weight is 510 g/mol. The summed E-state index contributed by atoms with van der Waals surface area (Å²) in [5, 5.41) is 1.06. The van der Waals surface area contributed by atoms with Crippen LogP contribution in [-0.2, 0) is 9.84 Å². The zero-order valence-electron chi connectivity index (χ0n) is 16.0. The lowest BCUT2D eigenvalue weighted by Gasteiger charge is -2.04. The molecule has 0 bridgehead atoms. The average Bonchev–Trinajstić information content (AvgIpc) is 3.11. The Hall–Kier alpha value is -1.90. The van der Waals surface area contributed by atoms with E-state index in [1.807, 2.05) is 0 Å². The van der Waals surface area contributed by atoms with Gasteiger partial charge in [0, 0.05) is 26.8 Å². The minimum atomic E-state index is -3.30. The van der Waals surface area contributed by atoms with Gasteiger partial charge in [-0.1, -0.05) is 47.1 Å². The van der Waals surface area contributed by atoms with Crippen molar-refractivity contribution in [2.75, 3.05) is 6.26 Å². The van der Waals surface area contributed by atoms with Crippen molar-refractivity contribution in [1.29, 1.82) is 0 Å². The predicted octanol–water partition coefficient (Wildman–Crippen LogP) is 7.48. The van der Waals surface area contributed by atoms with Crippen LogP contribution in [0.4, 0.5) is 4.39 Å². The molecule has 3 nitrogen and oxygen atoms in total. The van der Waals surface area contributed by atoms with E-state index in [9.17, 15) is 12.8 Å². The van der Waals surface area contributed by atoms with Crippen LogP contribution in [0.3, 0.4) is 0 Å². The van der Waals surface area contributed by atoms with Crippen molar-refractivity contribution < 1.29 is 12.8 Å². The molecule has 31 heavy (non-hydrogen) atoms. The molecular formula is C22H14Cl2FNO2S3. The Morgan fingerprint density at radius 1 is 0.903 bits per heavy atom. The van der Waals surface area contributed by atoms with Gasteiger partial charge in [0.1, 0.15) is 5.82 Å². The van der Waals surface area contributed by atoms with Gasteiger partial charge in [-0.15, -0.1) is 11.3 Å². The van der Waals surface area contributed by atoms with Gasteiger partial charge in [-0.2, -0.15) is 0 Å². The van der Waals surface area contributed by atoms with Crippen LogP contribution < -0.4 is 0 Å². The minimum absolute atomic E-state index is 0.243. The molecule has 1 aromatic heterocycles. The van der Waals surface area contributed by atoms with Gasteiger partial charge in [0.05, 0.1) is 15.5 Å². The van der Waals surface area contributed by atoms with Gasteiger partial charge in [-0.05, 0) is 60.2 Å². The first-order chi connectivity index (χ1) is 14.7. The maximum Gasteiger partial charge on any atom is 0.175 e. The predicted molar refractivity (Wildman–Crippen MR) is 127 cm³/mol. The Balaban J connectivity index is 1.79. The third-order valence-electron chi connectivity index (χ3n) is 4.31. The molecule has 0 aliphatic heterocycles. The van der Waals surface area contributed by atoms with Crippen molar-refractivity contribution in [3.8, 4) is 21.7 Å². The fraction of sp³-hybridized carbons (Fsp3) is 0.0455. The van der Waals surface area contributed by atoms with Crippen molar-refractivity contribution in [2.24, 2.45) is 0 Å². The van der Waals surface area contributed by atoms with Crippen molar-refractivity contribution in [2.45, 2.75) is 14.1 Å². The van der Waals surface area contributed by atoms with Crippen LogP contribution in [0.15, 0.2) is 80.9 Å². The minimum Gasteiger partial charge on any atom is -0.229 e. The van der Waals surface area contributed by atoms with E-state index in [1.165, 1.54) is 41.5 Å². The van der Waals surface area contributed by atoms with Crippen LogP contribution in [0.25, 0.3) is 21.7 Å². The first-order valence-corrected chi connectivity index (χ1v) is 13.2. The summed E-state index contributed by atoms with van der Waals surface area (Å²) in [6.45, 7) is 0. The number of rotatable bonds is 5. The van der Waals surface area contributed by atoms with Gasteiger partial charge in [0.15, 0.2) is 14.2 Å². The van der Waals surface area contributed by atoms with Crippen molar-refractivity contribution in [1.82, 2.24) is 4.98 Å². The highest BCUT2D eigenvalue weighted by Gasteiger charge is 2.17. The molecule has 0 spiro atoms. The molecule has 0 atom stereocenters. The Morgan fingerprint density at radius 3 is 2.06 bits per heavy atom. The number of thiazole rings is 1. The van der Waals surface area contributed by atoms with Gasteiger partial charge in [-0.25, -0.2) is 17.8 Å². The van der Waals surface area contributed by atoms with E-state index in [0.29, 0.717) is 15.7 Å². The monoisotopic (exact) mass is 509 g/mol. The molecule has 158 valence electrons. The van der Waals surface area contributed by atoms with Crippen molar-refractivity contribution >= 4 is 56.1 Å². The van der Waals surface area contributed by atoms with E-state index in [2.05, 4.69) is 0 Å². The molecule has 0 N–H and O–H groups in total. The van der Waals surface area contributed by atoms with Crippen LogP contribution in [0, 0.1) is 5.82 Å². The number of aromatic nitrogens is 1. The molecule has 1 heterocycles. The summed E-state index contributed by atoms with van der Waals surface area (Å²) in [5.41, 5.74) is 2.27.